The fourth-order valence-electron chi connectivity index (χ4n) is 0.746. The third-order valence-electron chi connectivity index (χ3n) is 1.48. The number of nitrogens with one attached hydrogen (secondary N) is 2. The van der Waals surface area contributed by atoms with Crippen molar-refractivity contribution in [2.24, 2.45) is 0 Å². The van der Waals surface area contributed by atoms with E-state index in [2.05, 4.69) is 20.5 Å². The maximum absolute atomic E-state index is 11.0. The van der Waals surface area contributed by atoms with Gasteiger partial charge in [-0.15, -0.1) is 5.10 Å². The molecule has 1 aromatic heterocycles. The molecule has 12 heavy (non-hydrogen) atoms. The lowest BCUT2D eigenvalue weighted by molar-refractivity contribution is 0.0953. The average Bonchev–Trinajstić information content (AvgIpc) is 2.51. The van der Waals surface area contributed by atoms with Crippen molar-refractivity contribution < 1.29 is 4.79 Å². The number of rotatable bonds is 2. The lowest BCUT2D eigenvalue weighted by Crippen LogP contribution is -2.19. The number of H-pyrrole nitrogens is 1. The summed E-state index contributed by atoms with van der Waals surface area (Å²) >= 11 is 0. The summed E-state index contributed by atoms with van der Waals surface area (Å²) in [6.45, 7) is 3.96. The van der Waals surface area contributed by atoms with E-state index in [1.807, 2.05) is 13.8 Å². The zero-order valence-corrected chi connectivity index (χ0v) is 7.38. The Bertz CT molecular complexity index is 279. The van der Waals surface area contributed by atoms with E-state index in [1.165, 1.54) is 0 Å². The molecule has 0 atom stereocenters. The Kier molecular flexibility index (Phi) is 2.42. The Labute approximate surface area is 70.6 Å². The lowest BCUT2D eigenvalue weighted by Gasteiger charge is -1.94. The molecule has 1 amide bonds. The fourth-order valence-corrected chi connectivity index (χ4v) is 0.746. The summed E-state index contributed by atoms with van der Waals surface area (Å²) in [5.74, 6) is 0.920. The van der Waals surface area contributed by atoms with Crippen molar-refractivity contribution >= 4 is 5.91 Å². The van der Waals surface area contributed by atoms with Gasteiger partial charge in [-0.1, -0.05) is 13.8 Å². The quantitative estimate of drug-likeness (QED) is 0.666. The Balaban J connectivity index is 2.84. The predicted octanol–water partition coefficient (Wildman–Crippen LogP) is 0.288. The first-order valence-corrected chi connectivity index (χ1v) is 3.79. The van der Waals surface area contributed by atoms with Gasteiger partial charge in [0.25, 0.3) is 5.91 Å². The van der Waals surface area contributed by atoms with Crippen molar-refractivity contribution in [2.45, 2.75) is 19.8 Å². The van der Waals surface area contributed by atoms with E-state index in [-0.39, 0.29) is 17.6 Å². The van der Waals surface area contributed by atoms with Gasteiger partial charge in [-0.2, -0.15) is 0 Å². The summed E-state index contributed by atoms with van der Waals surface area (Å²) in [6, 6.07) is 0. The molecule has 5 nitrogen and oxygen atoms in total. The molecule has 1 aromatic rings. The van der Waals surface area contributed by atoms with Crippen LogP contribution >= 0.6 is 0 Å². The molecule has 0 unspecified atom stereocenters. The van der Waals surface area contributed by atoms with Gasteiger partial charge in [0.15, 0.2) is 0 Å². The summed E-state index contributed by atoms with van der Waals surface area (Å²) in [4.78, 5) is 15.0. The molecular weight excluding hydrogens is 156 g/mol. The van der Waals surface area contributed by atoms with Gasteiger partial charge in [0.1, 0.15) is 5.82 Å². The van der Waals surface area contributed by atoms with Crippen LogP contribution in [0.25, 0.3) is 0 Å². The highest BCUT2D eigenvalue weighted by Crippen LogP contribution is 2.06. The predicted molar refractivity (Wildman–Crippen MR) is 43.9 cm³/mol. The highest BCUT2D eigenvalue weighted by Gasteiger charge is 2.11. The van der Waals surface area contributed by atoms with Gasteiger partial charge in [0, 0.05) is 13.0 Å². The molecule has 0 fully saturated rings. The molecule has 0 aliphatic heterocycles. The lowest BCUT2D eigenvalue weighted by atomic mass is 10.2. The molecule has 0 aliphatic rings. The Morgan fingerprint density at radius 3 is 2.67 bits per heavy atom. The van der Waals surface area contributed by atoms with Crippen LogP contribution in [0.15, 0.2) is 0 Å². The molecule has 1 heterocycles. The van der Waals surface area contributed by atoms with Crippen LogP contribution in [0.4, 0.5) is 0 Å². The molecular formula is C7H12N4O. The number of hydrogen-bond donors (Lipinski definition) is 2. The highest BCUT2D eigenvalue weighted by atomic mass is 16.2. The monoisotopic (exact) mass is 168 g/mol. The van der Waals surface area contributed by atoms with Gasteiger partial charge < -0.3 is 5.32 Å². The van der Waals surface area contributed by atoms with Gasteiger partial charge >= 0.3 is 0 Å². The molecule has 0 aliphatic carbocycles. The summed E-state index contributed by atoms with van der Waals surface area (Å²) in [7, 11) is 1.55. The van der Waals surface area contributed by atoms with E-state index in [0.29, 0.717) is 0 Å². The van der Waals surface area contributed by atoms with E-state index in [9.17, 15) is 4.79 Å². The van der Waals surface area contributed by atoms with Crippen LogP contribution in [0, 0.1) is 0 Å². The van der Waals surface area contributed by atoms with E-state index in [0.717, 1.165) is 5.82 Å². The molecule has 0 aromatic carbocycles. The van der Waals surface area contributed by atoms with E-state index >= 15 is 0 Å². The number of aromatic nitrogens is 3. The summed E-state index contributed by atoms with van der Waals surface area (Å²) in [5.41, 5.74) is 0. The number of aromatic amines is 1. The van der Waals surface area contributed by atoms with Crippen LogP contribution in [0.3, 0.4) is 0 Å². The van der Waals surface area contributed by atoms with Crippen molar-refractivity contribution in [1.29, 1.82) is 0 Å². The van der Waals surface area contributed by atoms with E-state index < -0.39 is 0 Å². The molecule has 0 saturated carbocycles. The second kappa shape index (κ2) is 3.34. The van der Waals surface area contributed by atoms with E-state index in [1.54, 1.807) is 7.05 Å². The third-order valence-corrected chi connectivity index (χ3v) is 1.48. The van der Waals surface area contributed by atoms with Gasteiger partial charge in [0.2, 0.25) is 5.82 Å². The first-order valence-electron chi connectivity index (χ1n) is 3.79. The first kappa shape index (κ1) is 8.70. The molecule has 0 saturated heterocycles. The highest BCUT2D eigenvalue weighted by molar-refractivity contribution is 5.89. The number of carbonyl (C=O) groups excluding carboxylic acids is 1. The summed E-state index contributed by atoms with van der Waals surface area (Å²) in [6.07, 6.45) is 0. The second-order valence-electron chi connectivity index (χ2n) is 2.78. The SMILES string of the molecule is CNC(=O)c1n[nH]c(C(C)C)n1. The summed E-state index contributed by atoms with van der Waals surface area (Å²) < 4.78 is 0. The van der Waals surface area contributed by atoms with Crippen molar-refractivity contribution in [3.8, 4) is 0 Å². The Hall–Kier alpha value is -1.39. The van der Waals surface area contributed by atoms with Crippen LogP contribution in [-0.4, -0.2) is 28.1 Å². The number of nitrogens with zero attached hydrogens (tertiary/aromatic N) is 2. The van der Waals surface area contributed by atoms with Gasteiger partial charge in [-0.3, -0.25) is 9.89 Å². The standard InChI is InChI=1S/C7H12N4O/c1-4(2)5-9-6(11-10-5)7(12)8-3/h4H,1-3H3,(H,8,12)(H,9,10,11). The average molecular weight is 168 g/mol. The van der Waals surface area contributed by atoms with Crippen LogP contribution in [0.1, 0.15) is 36.2 Å². The minimum atomic E-state index is -0.266. The molecule has 0 spiro atoms. The molecule has 0 radical (unpaired) electrons. The second-order valence-corrected chi connectivity index (χ2v) is 2.78. The number of amides is 1. The maximum Gasteiger partial charge on any atom is 0.290 e. The van der Waals surface area contributed by atoms with Crippen LogP contribution in [0.2, 0.25) is 0 Å². The van der Waals surface area contributed by atoms with Crippen molar-refractivity contribution in [3.63, 3.8) is 0 Å². The van der Waals surface area contributed by atoms with Gasteiger partial charge in [-0.25, -0.2) is 4.98 Å². The zero-order valence-electron chi connectivity index (χ0n) is 7.38. The van der Waals surface area contributed by atoms with Crippen LogP contribution in [0.5, 0.6) is 0 Å². The minimum Gasteiger partial charge on any atom is -0.352 e. The third kappa shape index (κ3) is 1.61. The molecule has 66 valence electrons. The van der Waals surface area contributed by atoms with Gasteiger partial charge in [-0.05, 0) is 0 Å². The fraction of sp³-hybridized carbons (Fsp3) is 0.571. The van der Waals surface area contributed by atoms with Gasteiger partial charge in [0.05, 0.1) is 0 Å². The molecule has 1 rings (SSSR count). The summed E-state index contributed by atoms with van der Waals surface area (Å²) in [5, 5.41) is 8.91. The molecule has 0 bridgehead atoms. The zero-order chi connectivity index (χ0) is 9.14. The normalized spacial score (nSPS) is 10.3. The Morgan fingerprint density at radius 2 is 2.25 bits per heavy atom. The van der Waals surface area contributed by atoms with Crippen LogP contribution < -0.4 is 5.32 Å². The largest absolute Gasteiger partial charge is 0.352 e. The maximum atomic E-state index is 11.0. The smallest absolute Gasteiger partial charge is 0.290 e. The number of hydrogen-bond acceptors (Lipinski definition) is 3. The molecule has 2 N–H and O–H groups in total. The van der Waals surface area contributed by atoms with Crippen molar-refractivity contribution in [1.82, 2.24) is 20.5 Å². The van der Waals surface area contributed by atoms with Crippen molar-refractivity contribution in [2.75, 3.05) is 7.05 Å². The minimum absolute atomic E-state index is 0.196. The van der Waals surface area contributed by atoms with Crippen LogP contribution in [-0.2, 0) is 0 Å². The van der Waals surface area contributed by atoms with E-state index in [4.69, 9.17) is 0 Å². The Morgan fingerprint density at radius 1 is 1.58 bits per heavy atom. The topological polar surface area (TPSA) is 70.7 Å². The number of carbonyl (C=O) groups is 1. The molecule has 5 heteroatoms. The van der Waals surface area contributed by atoms with Crippen molar-refractivity contribution in [3.05, 3.63) is 11.6 Å². The first-order chi connectivity index (χ1) is 5.65.